The van der Waals surface area contributed by atoms with Crippen molar-refractivity contribution in [1.82, 2.24) is 0 Å². The Kier molecular flexibility index (Phi) is 12.6. The Morgan fingerprint density at radius 2 is 1.04 bits per heavy atom. The van der Waals surface area contributed by atoms with Gasteiger partial charge in [0.2, 0.25) is 0 Å². The van der Waals surface area contributed by atoms with Crippen LogP contribution in [-0.2, 0) is 20.2 Å². The molecule has 20 heteroatoms. The summed E-state index contributed by atoms with van der Waals surface area (Å²) in [7, 11) is -10.6. The summed E-state index contributed by atoms with van der Waals surface area (Å²) in [4.78, 5) is -2.04. The summed E-state index contributed by atoms with van der Waals surface area (Å²) in [5.74, 6) is -1.09. The third-order valence-electron chi connectivity index (χ3n) is 6.32. The van der Waals surface area contributed by atoms with E-state index < -0.39 is 52.8 Å². The van der Waals surface area contributed by atoms with Gasteiger partial charge in [0.1, 0.15) is 48.7 Å². The number of benzene rings is 5. The third kappa shape index (κ3) is 8.60. The van der Waals surface area contributed by atoms with Gasteiger partial charge < -0.3 is 30.8 Å². The van der Waals surface area contributed by atoms with E-state index in [1.807, 2.05) is 0 Å². The van der Waals surface area contributed by atoms with Crippen LogP contribution in [0.2, 0.25) is 0 Å². The number of azo groups is 3. The number of rotatable bonds is 8. The number of phenolic OH excluding ortho intramolecular Hbond substituents is 2. The summed E-state index contributed by atoms with van der Waals surface area (Å²) in [6.45, 7) is 0. The van der Waals surface area contributed by atoms with Gasteiger partial charge in [-0.2, -0.15) is 15.3 Å². The molecule has 0 heterocycles. The van der Waals surface area contributed by atoms with Gasteiger partial charge in [-0.15, -0.1) is 15.3 Å². The van der Waals surface area contributed by atoms with Gasteiger partial charge in [0.05, 0.1) is 37.9 Å². The fraction of sp³-hybridized carbons (Fsp3) is 0. The van der Waals surface area contributed by atoms with E-state index in [4.69, 9.17) is 11.5 Å². The van der Waals surface area contributed by atoms with Gasteiger partial charge in [0.15, 0.2) is 5.75 Å². The van der Waals surface area contributed by atoms with Crippen molar-refractivity contribution in [3.05, 3.63) is 84.9 Å². The van der Waals surface area contributed by atoms with Gasteiger partial charge in [0.25, 0.3) is 0 Å². The van der Waals surface area contributed by atoms with Crippen molar-refractivity contribution >= 4 is 76.5 Å². The van der Waals surface area contributed by atoms with Crippen LogP contribution in [0.1, 0.15) is 0 Å². The summed E-state index contributed by atoms with van der Waals surface area (Å²) >= 11 is 0. The van der Waals surface area contributed by atoms with E-state index in [1.165, 1.54) is 42.5 Å². The molecule has 6 N–H and O–H groups in total. The van der Waals surface area contributed by atoms with Crippen molar-refractivity contribution in [2.45, 2.75) is 9.79 Å². The molecule has 0 amide bonds. The molecule has 48 heavy (non-hydrogen) atoms. The molecule has 0 saturated carbocycles. The minimum absolute atomic E-state index is 0. The number of phenols is 2. The molecular weight excluding hydrogens is 686 g/mol. The van der Waals surface area contributed by atoms with Gasteiger partial charge in [-0.3, -0.25) is 0 Å². The molecule has 5 aromatic carbocycles. The van der Waals surface area contributed by atoms with Crippen LogP contribution >= 0.6 is 0 Å². The number of para-hydroxylation sites is 1. The molecule has 0 aromatic heterocycles. The van der Waals surface area contributed by atoms with Crippen LogP contribution in [0.5, 0.6) is 11.5 Å². The molecule has 0 aliphatic rings. The first kappa shape index (κ1) is 38.6. The van der Waals surface area contributed by atoms with E-state index in [1.54, 1.807) is 30.3 Å². The first-order valence-electron chi connectivity index (χ1n) is 12.8. The second-order valence-electron chi connectivity index (χ2n) is 9.38. The van der Waals surface area contributed by atoms with E-state index in [9.17, 15) is 36.2 Å². The Hall–Kier alpha value is -3.82. The molecule has 0 bridgehead atoms. The molecule has 5 rings (SSSR count). The third-order valence-corrected chi connectivity index (χ3v) is 8.02. The summed E-state index contributed by atoms with van der Waals surface area (Å²) < 4.78 is 72.8. The van der Waals surface area contributed by atoms with Gasteiger partial charge in [-0.1, -0.05) is 24.3 Å². The SMILES string of the molecule is Nc1c(O)cccc1N=Nc1ccc(N=Nc2c(S(=O)(=O)[O-])cc3cc(S(=O)(=O)[O-])c(N=Nc4ccccc4)c(O)c3c2N)cc1.[Na+].[Na+]. The quantitative estimate of drug-likeness (QED) is 0.0569. The van der Waals surface area contributed by atoms with Crippen molar-refractivity contribution in [3.8, 4) is 11.5 Å². The summed E-state index contributed by atoms with van der Waals surface area (Å²) in [6.07, 6.45) is 0. The van der Waals surface area contributed by atoms with Gasteiger partial charge in [0, 0.05) is 0 Å². The van der Waals surface area contributed by atoms with Crippen LogP contribution in [0.15, 0.2) is 125 Å². The normalized spacial score (nSPS) is 12.0. The predicted molar refractivity (Wildman–Crippen MR) is 164 cm³/mol. The van der Waals surface area contributed by atoms with Crippen molar-refractivity contribution in [2.75, 3.05) is 11.5 Å². The number of fused-ring (bicyclic) bond motifs is 1. The monoisotopic (exact) mass is 706 g/mol. The topological polar surface area (TPSA) is 281 Å². The van der Waals surface area contributed by atoms with E-state index in [0.29, 0.717) is 11.8 Å². The van der Waals surface area contributed by atoms with E-state index in [0.717, 1.165) is 6.07 Å². The van der Waals surface area contributed by atoms with Crippen LogP contribution in [0.4, 0.5) is 45.5 Å². The number of hydrogen-bond donors (Lipinski definition) is 4. The van der Waals surface area contributed by atoms with E-state index in [-0.39, 0.29) is 98.4 Å². The van der Waals surface area contributed by atoms with Gasteiger partial charge >= 0.3 is 59.1 Å². The molecule has 0 aliphatic heterocycles. The standard InChI is InChI=1S/C28H22N8O8S2.2Na/c29-24-19(7-4-8-20(24)37)34-31-17-9-11-18(12-10-17)33-35-26-21(45(39,40)41)13-15-14-22(46(42,43)44)27(28(38)23(15)25(26)30)36-32-16-5-2-1-3-6-16;;/h1-14,37-38H,29-30H2,(H,39,40,41)(H,42,43,44);;/q;2*+1/p-2. The number of aromatic hydroxyl groups is 2. The fourth-order valence-electron chi connectivity index (χ4n) is 4.13. The predicted octanol–water partition coefficient (Wildman–Crippen LogP) is 0.478. The maximum Gasteiger partial charge on any atom is 1.00 e. The van der Waals surface area contributed by atoms with Gasteiger partial charge in [-0.25, -0.2) is 16.8 Å². The van der Waals surface area contributed by atoms with Crippen LogP contribution < -0.4 is 70.6 Å². The Morgan fingerprint density at radius 1 is 0.562 bits per heavy atom. The minimum Gasteiger partial charge on any atom is -0.744 e. The number of hydrogen-bond acceptors (Lipinski definition) is 16. The molecule has 0 saturated heterocycles. The Balaban J connectivity index is 0.00000312. The first-order valence-corrected chi connectivity index (χ1v) is 15.6. The van der Waals surface area contributed by atoms with Crippen LogP contribution in [0, 0.1) is 0 Å². The molecule has 0 fully saturated rings. The number of nitrogen functional groups attached to an aromatic ring is 2. The zero-order chi connectivity index (χ0) is 33.2. The minimum atomic E-state index is -5.31. The molecule has 5 aromatic rings. The fourth-order valence-corrected chi connectivity index (χ4v) is 5.43. The number of nitrogens with zero attached hydrogens (tertiary/aromatic N) is 6. The van der Waals surface area contributed by atoms with Crippen molar-refractivity contribution in [3.63, 3.8) is 0 Å². The Labute approximate surface area is 317 Å². The van der Waals surface area contributed by atoms with E-state index >= 15 is 0 Å². The average molecular weight is 707 g/mol. The van der Waals surface area contributed by atoms with Gasteiger partial charge in [-0.05, 0) is 66.0 Å². The largest absolute Gasteiger partial charge is 1.00 e. The zero-order valence-electron chi connectivity index (χ0n) is 25.1. The van der Waals surface area contributed by atoms with Crippen molar-refractivity contribution < 1.29 is 95.3 Å². The second-order valence-corrected chi connectivity index (χ2v) is 12.1. The molecule has 0 atom stereocenters. The number of nitrogens with two attached hydrogens (primary N) is 2. The van der Waals surface area contributed by atoms with Crippen LogP contribution in [-0.4, -0.2) is 36.2 Å². The molecule has 0 spiro atoms. The molecule has 0 unspecified atom stereocenters. The molecule has 234 valence electrons. The first-order chi connectivity index (χ1) is 21.7. The zero-order valence-corrected chi connectivity index (χ0v) is 30.7. The van der Waals surface area contributed by atoms with E-state index in [2.05, 4.69) is 30.7 Å². The average Bonchev–Trinajstić information content (AvgIpc) is 3.00. The summed E-state index contributed by atoms with van der Waals surface area (Å²) in [5.41, 5.74) is 11.0. The summed E-state index contributed by atoms with van der Waals surface area (Å²) in [5, 5.41) is 43.4. The second kappa shape index (κ2) is 15.6. The van der Waals surface area contributed by atoms with Crippen LogP contribution in [0.25, 0.3) is 10.8 Å². The summed E-state index contributed by atoms with van der Waals surface area (Å²) in [6, 6.07) is 19.7. The molecule has 16 nitrogen and oxygen atoms in total. The van der Waals surface area contributed by atoms with Crippen molar-refractivity contribution in [2.24, 2.45) is 30.7 Å². The number of anilines is 2. The molecule has 0 radical (unpaired) electrons. The molecule has 0 aliphatic carbocycles. The molecular formula is C28H20N8Na2O8S2. The smallest absolute Gasteiger partial charge is 0.744 e. The maximum absolute atomic E-state index is 12.2. The Bertz CT molecular complexity index is 2310. The Morgan fingerprint density at radius 3 is 1.58 bits per heavy atom. The van der Waals surface area contributed by atoms with Crippen molar-refractivity contribution in [1.29, 1.82) is 0 Å². The maximum atomic E-state index is 12.2. The van der Waals surface area contributed by atoms with Crippen LogP contribution in [0.3, 0.4) is 0 Å².